The molecule has 0 saturated carbocycles. The van der Waals surface area contributed by atoms with Gasteiger partial charge in [-0.15, -0.1) is 0 Å². The zero-order valence-electron chi connectivity index (χ0n) is 11.5. The zero-order chi connectivity index (χ0) is 14.2. The third-order valence-electron chi connectivity index (χ3n) is 2.73. The highest BCUT2D eigenvalue weighted by Crippen LogP contribution is 2.25. The minimum absolute atomic E-state index is 0.0542. The average Bonchev–Trinajstić information content (AvgIpc) is 2.49. The Bertz CT molecular complexity index is 555. The molecule has 1 aromatic heterocycles. The summed E-state index contributed by atoms with van der Waals surface area (Å²) in [6, 6.07) is 13.6. The summed E-state index contributed by atoms with van der Waals surface area (Å²) < 4.78 is 5.22. The van der Waals surface area contributed by atoms with Crippen LogP contribution in [-0.4, -0.2) is 24.1 Å². The number of anilines is 1. The van der Waals surface area contributed by atoms with Crippen LogP contribution in [0.15, 0.2) is 48.7 Å². The van der Waals surface area contributed by atoms with E-state index in [1.165, 1.54) is 0 Å². The van der Waals surface area contributed by atoms with Crippen LogP contribution in [0.3, 0.4) is 0 Å². The predicted molar refractivity (Wildman–Crippen MR) is 79.4 cm³/mol. The van der Waals surface area contributed by atoms with Crippen LogP contribution in [0.1, 0.15) is 13.3 Å². The first-order valence-electron chi connectivity index (χ1n) is 6.69. The Morgan fingerprint density at radius 2 is 2.00 bits per heavy atom. The van der Waals surface area contributed by atoms with Crippen molar-refractivity contribution in [3.8, 4) is 11.1 Å². The van der Waals surface area contributed by atoms with Crippen molar-refractivity contribution < 1.29 is 9.53 Å². The minimum Gasteiger partial charge on any atom is -0.372 e. The van der Waals surface area contributed by atoms with E-state index in [2.05, 4.69) is 10.3 Å². The summed E-state index contributed by atoms with van der Waals surface area (Å²) in [7, 11) is 0. The summed E-state index contributed by atoms with van der Waals surface area (Å²) >= 11 is 0. The SMILES string of the molecule is CCCOCC(=O)Nc1ncccc1-c1ccccc1. The fourth-order valence-electron chi connectivity index (χ4n) is 1.83. The van der Waals surface area contributed by atoms with Crippen molar-refractivity contribution in [2.24, 2.45) is 0 Å². The Morgan fingerprint density at radius 1 is 1.20 bits per heavy atom. The summed E-state index contributed by atoms with van der Waals surface area (Å²) in [6.45, 7) is 2.64. The lowest BCUT2D eigenvalue weighted by Gasteiger charge is -2.10. The first-order chi connectivity index (χ1) is 9.81. The van der Waals surface area contributed by atoms with Gasteiger partial charge in [0.2, 0.25) is 0 Å². The monoisotopic (exact) mass is 270 g/mol. The number of aromatic nitrogens is 1. The van der Waals surface area contributed by atoms with Gasteiger partial charge in [0.05, 0.1) is 0 Å². The van der Waals surface area contributed by atoms with Crippen molar-refractivity contribution in [3.63, 3.8) is 0 Å². The molecular weight excluding hydrogens is 252 g/mol. The van der Waals surface area contributed by atoms with Gasteiger partial charge >= 0.3 is 0 Å². The molecule has 0 atom stereocenters. The molecule has 2 aromatic rings. The molecule has 0 unspecified atom stereocenters. The molecule has 0 aliphatic heterocycles. The summed E-state index contributed by atoms with van der Waals surface area (Å²) in [5.74, 6) is 0.373. The second kappa shape index (κ2) is 7.40. The summed E-state index contributed by atoms with van der Waals surface area (Å²) in [4.78, 5) is 16.0. The van der Waals surface area contributed by atoms with Crippen LogP contribution < -0.4 is 5.32 Å². The standard InChI is InChI=1S/C16H18N2O2/c1-2-11-20-12-15(19)18-16-14(9-6-10-17-16)13-7-4-3-5-8-13/h3-10H,2,11-12H2,1H3,(H,17,18,19). The Balaban J connectivity index is 2.11. The van der Waals surface area contributed by atoms with E-state index in [4.69, 9.17) is 4.74 Å². The van der Waals surface area contributed by atoms with E-state index in [9.17, 15) is 4.79 Å². The van der Waals surface area contributed by atoms with Gasteiger partial charge < -0.3 is 10.1 Å². The van der Waals surface area contributed by atoms with E-state index in [-0.39, 0.29) is 12.5 Å². The molecule has 0 aliphatic carbocycles. The molecule has 20 heavy (non-hydrogen) atoms. The number of hydrogen-bond donors (Lipinski definition) is 1. The maximum absolute atomic E-state index is 11.8. The van der Waals surface area contributed by atoms with Crippen LogP contribution in [0.5, 0.6) is 0 Å². The number of amides is 1. The zero-order valence-corrected chi connectivity index (χ0v) is 11.5. The molecule has 0 aliphatic rings. The third-order valence-corrected chi connectivity index (χ3v) is 2.73. The van der Waals surface area contributed by atoms with E-state index < -0.39 is 0 Å². The number of pyridine rings is 1. The molecule has 1 amide bonds. The number of carbonyl (C=O) groups excluding carboxylic acids is 1. The van der Waals surface area contributed by atoms with Crippen LogP contribution in [0.25, 0.3) is 11.1 Å². The van der Waals surface area contributed by atoms with Crippen LogP contribution in [0.4, 0.5) is 5.82 Å². The van der Waals surface area contributed by atoms with Gasteiger partial charge in [0.15, 0.2) is 0 Å². The number of benzene rings is 1. The molecule has 0 fully saturated rings. The van der Waals surface area contributed by atoms with Gasteiger partial charge in [-0.2, -0.15) is 0 Å². The van der Waals surface area contributed by atoms with Gasteiger partial charge in [-0.1, -0.05) is 37.3 Å². The van der Waals surface area contributed by atoms with E-state index in [0.29, 0.717) is 12.4 Å². The second-order valence-electron chi connectivity index (χ2n) is 4.37. The third kappa shape index (κ3) is 3.90. The highest BCUT2D eigenvalue weighted by atomic mass is 16.5. The van der Waals surface area contributed by atoms with Gasteiger partial charge in [-0.25, -0.2) is 4.98 Å². The Kier molecular flexibility index (Phi) is 5.26. The van der Waals surface area contributed by atoms with Crippen molar-refractivity contribution >= 4 is 11.7 Å². The lowest BCUT2D eigenvalue weighted by Crippen LogP contribution is -2.19. The lowest BCUT2D eigenvalue weighted by molar-refractivity contribution is -0.120. The minimum atomic E-state index is -0.186. The summed E-state index contributed by atoms with van der Waals surface area (Å²) in [5.41, 5.74) is 1.92. The predicted octanol–water partition coefficient (Wildman–Crippen LogP) is 3.11. The van der Waals surface area contributed by atoms with E-state index in [1.54, 1.807) is 6.20 Å². The molecule has 1 N–H and O–H groups in total. The van der Waals surface area contributed by atoms with Gasteiger partial charge in [0.25, 0.3) is 5.91 Å². The Morgan fingerprint density at radius 3 is 2.75 bits per heavy atom. The molecule has 0 spiro atoms. The number of ether oxygens (including phenoxy) is 1. The number of rotatable bonds is 6. The van der Waals surface area contributed by atoms with Gasteiger partial charge in [-0.3, -0.25) is 4.79 Å². The molecule has 0 radical (unpaired) electrons. The molecule has 2 rings (SSSR count). The Labute approximate surface area is 118 Å². The maximum atomic E-state index is 11.8. The molecule has 1 heterocycles. The number of carbonyl (C=O) groups is 1. The van der Waals surface area contributed by atoms with Crippen molar-refractivity contribution in [2.45, 2.75) is 13.3 Å². The van der Waals surface area contributed by atoms with Crippen LogP contribution >= 0.6 is 0 Å². The second-order valence-corrected chi connectivity index (χ2v) is 4.37. The number of nitrogens with zero attached hydrogens (tertiary/aromatic N) is 1. The molecule has 4 heteroatoms. The van der Waals surface area contributed by atoms with Gasteiger partial charge in [-0.05, 0) is 24.1 Å². The first kappa shape index (κ1) is 14.2. The fraction of sp³-hybridized carbons (Fsp3) is 0.250. The molecule has 0 saturated heterocycles. The topological polar surface area (TPSA) is 51.2 Å². The largest absolute Gasteiger partial charge is 0.372 e. The first-order valence-corrected chi connectivity index (χ1v) is 6.69. The normalized spacial score (nSPS) is 10.2. The maximum Gasteiger partial charge on any atom is 0.251 e. The summed E-state index contributed by atoms with van der Waals surface area (Å²) in [6.07, 6.45) is 2.56. The Hall–Kier alpha value is -2.20. The average molecular weight is 270 g/mol. The number of hydrogen-bond acceptors (Lipinski definition) is 3. The van der Waals surface area contributed by atoms with Crippen molar-refractivity contribution in [3.05, 3.63) is 48.7 Å². The van der Waals surface area contributed by atoms with Crippen molar-refractivity contribution in [1.29, 1.82) is 0 Å². The molecule has 4 nitrogen and oxygen atoms in total. The molecule has 104 valence electrons. The molecule has 0 bridgehead atoms. The van der Waals surface area contributed by atoms with E-state index in [0.717, 1.165) is 17.5 Å². The fourth-order valence-corrected chi connectivity index (χ4v) is 1.83. The highest BCUT2D eigenvalue weighted by molar-refractivity contribution is 5.94. The van der Waals surface area contributed by atoms with Gasteiger partial charge in [0.1, 0.15) is 12.4 Å². The van der Waals surface area contributed by atoms with E-state index >= 15 is 0 Å². The smallest absolute Gasteiger partial charge is 0.251 e. The van der Waals surface area contributed by atoms with Crippen molar-refractivity contribution in [1.82, 2.24) is 4.98 Å². The highest BCUT2D eigenvalue weighted by Gasteiger charge is 2.09. The van der Waals surface area contributed by atoms with Crippen molar-refractivity contribution in [2.75, 3.05) is 18.5 Å². The molecule has 1 aromatic carbocycles. The van der Waals surface area contributed by atoms with Crippen LogP contribution in [0, 0.1) is 0 Å². The van der Waals surface area contributed by atoms with E-state index in [1.807, 2.05) is 49.4 Å². The molecular formula is C16H18N2O2. The van der Waals surface area contributed by atoms with Crippen LogP contribution in [-0.2, 0) is 9.53 Å². The quantitative estimate of drug-likeness (QED) is 0.820. The lowest BCUT2D eigenvalue weighted by atomic mass is 10.1. The van der Waals surface area contributed by atoms with Gasteiger partial charge in [0, 0.05) is 18.4 Å². The number of nitrogens with one attached hydrogen (secondary N) is 1. The van der Waals surface area contributed by atoms with Crippen LogP contribution in [0.2, 0.25) is 0 Å². The summed E-state index contributed by atoms with van der Waals surface area (Å²) in [5, 5.41) is 2.79.